The van der Waals surface area contributed by atoms with Crippen LogP contribution in [0.5, 0.6) is 0 Å². The van der Waals surface area contributed by atoms with Crippen molar-refractivity contribution in [1.82, 2.24) is 14.8 Å². The Morgan fingerprint density at radius 1 is 1.24 bits per heavy atom. The molecule has 1 fully saturated rings. The first-order valence-electron chi connectivity index (χ1n) is 7.54. The molecule has 1 saturated heterocycles. The lowest BCUT2D eigenvalue weighted by Gasteiger charge is -2.20. The number of ether oxygens (including phenoxy) is 1. The van der Waals surface area contributed by atoms with Gasteiger partial charge in [0.05, 0.1) is 19.8 Å². The molecule has 142 valence electrons. The fraction of sp³-hybridized carbons (Fsp3) is 0.750. The summed E-state index contributed by atoms with van der Waals surface area (Å²) in [6.07, 6.45) is -4.64. The topological polar surface area (TPSA) is 162 Å². The molecule has 1 aromatic heterocycles. The Morgan fingerprint density at radius 3 is 2.44 bits per heavy atom. The van der Waals surface area contributed by atoms with Crippen LogP contribution in [0, 0.1) is 0 Å². The van der Waals surface area contributed by atoms with E-state index in [9.17, 15) is 24.4 Å². The van der Waals surface area contributed by atoms with Gasteiger partial charge < -0.3 is 14.9 Å². The Morgan fingerprint density at radius 2 is 1.88 bits per heavy atom. The minimum Gasteiger partial charge on any atom is -0.387 e. The van der Waals surface area contributed by atoms with Crippen molar-refractivity contribution in [3.63, 3.8) is 0 Å². The molecule has 3 N–H and O–H groups in total. The summed E-state index contributed by atoms with van der Waals surface area (Å²) in [5, 5.41) is 23.7. The van der Waals surface area contributed by atoms with Gasteiger partial charge in [0.1, 0.15) is 24.5 Å². The number of hydrogen-bond acceptors (Lipinski definition) is 10. The highest BCUT2D eigenvalue weighted by Crippen LogP contribution is 2.49. The molecule has 0 saturated carbocycles. The molecule has 0 aromatic carbocycles. The second kappa shape index (κ2) is 8.32. The normalized spacial score (nSPS) is 26.9. The quantitative estimate of drug-likeness (QED) is 0.464. The predicted octanol–water partition coefficient (Wildman–Crippen LogP) is -1.25. The number of aromatic amines is 1. The number of rotatable bonds is 8. The van der Waals surface area contributed by atoms with Gasteiger partial charge in [-0.05, 0) is 13.8 Å². The maximum Gasteiger partial charge on any atom is 0.474 e. The molecule has 12 nitrogen and oxygen atoms in total. The summed E-state index contributed by atoms with van der Waals surface area (Å²) in [6.45, 7) is 2.93. The van der Waals surface area contributed by atoms with Crippen molar-refractivity contribution >= 4 is 7.82 Å². The van der Waals surface area contributed by atoms with Gasteiger partial charge in [-0.15, -0.1) is 0 Å². The smallest absolute Gasteiger partial charge is 0.387 e. The molecule has 1 aliphatic rings. The summed E-state index contributed by atoms with van der Waals surface area (Å²) in [5.74, 6) is 0. The van der Waals surface area contributed by atoms with E-state index in [2.05, 4.69) is 5.10 Å². The molecule has 1 aliphatic heterocycles. The molecule has 25 heavy (non-hydrogen) atoms. The van der Waals surface area contributed by atoms with Gasteiger partial charge in [-0.3, -0.25) is 23.3 Å². The lowest BCUT2D eigenvalue weighted by molar-refractivity contribution is -0.0626. The Labute approximate surface area is 141 Å². The summed E-state index contributed by atoms with van der Waals surface area (Å²) >= 11 is 0. The zero-order chi connectivity index (χ0) is 18.6. The Hall–Kier alpha value is -1.40. The number of H-pyrrole nitrogens is 1. The van der Waals surface area contributed by atoms with Gasteiger partial charge in [0.15, 0.2) is 6.23 Å². The van der Waals surface area contributed by atoms with Crippen molar-refractivity contribution in [2.45, 2.75) is 38.4 Å². The van der Waals surface area contributed by atoms with E-state index < -0.39 is 50.2 Å². The summed E-state index contributed by atoms with van der Waals surface area (Å²) in [7, 11) is -3.83. The first-order chi connectivity index (χ1) is 11.8. The first kappa shape index (κ1) is 19.9. The van der Waals surface area contributed by atoms with Crippen molar-refractivity contribution in [1.29, 1.82) is 0 Å². The zero-order valence-corrected chi connectivity index (χ0v) is 14.5. The third-order valence-corrected chi connectivity index (χ3v) is 4.90. The number of nitrogens with zero attached hydrogens (tertiary/aromatic N) is 2. The largest absolute Gasteiger partial charge is 0.474 e. The van der Waals surface area contributed by atoms with E-state index in [1.807, 2.05) is 4.98 Å². The van der Waals surface area contributed by atoms with Crippen LogP contribution in [-0.2, 0) is 22.9 Å². The Bertz CT molecular complexity index is 725. The van der Waals surface area contributed by atoms with Crippen molar-refractivity contribution in [3.8, 4) is 0 Å². The second-order valence-corrected chi connectivity index (χ2v) is 6.68. The van der Waals surface area contributed by atoms with Crippen molar-refractivity contribution in [2.24, 2.45) is 0 Å². The highest BCUT2D eigenvalue weighted by molar-refractivity contribution is 7.48. The van der Waals surface area contributed by atoms with Crippen LogP contribution < -0.4 is 11.2 Å². The van der Waals surface area contributed by atoms with E-state index in [4.69, 9.17) is 18.3 Å². The molecule has 2 heterocycles. The first-order valence-corrected chi connectivity index (χ1v) is 9.00. The summed E-state index contributed by atoms with van der Waals surface area (Å²) in [5.41, 5.74) is -1.64. The standard InChI is InChI=1S/C12H20N3O9P/c1-3-21-25(20,22-4-2)23-6-7-9(17)10(18)11(24-7)15-12(19)14-8(16)5-13-15/h5,7,9-11,17-18H,3-4,6H2,1-2H3,(H,14,16,19)/t7-,9+,10+,11-/m1/s1. The number of phosphoric ester groups is 1. The van der Waals surface area contributed by atoms with Crippen LogP contribution in [-0.4, -0.2) is 63.1 Å². The average Bonchev–Trinajstić information content (AvgIpc) is 2.82. The molecule has 1 aromatic rings. The molecular formula is C12H20N3O9P. The number of hydrogen-bond donors (Lipinski definition) is 3. The Balaban J connectivity index is 2.10. The van der Waals surface area contributed by atoms with Crippen molar-refractivity contribution in [3.05, 3.63) is 27.0 Å². The van der Waals surface area contributed by atoms with E-state index in [0.717, 1.165) is 6.20 Å². The lowest BCUT2D eigenvalue weighted by Crippen LogP contribution is -2.39. The summed E-state index contributed by atoms with van der Waals surface area (Å²) in [4.78, 5) is 24.7. The zero-order valence-electron chi connectivity index (χ0n) is 13.6. The van der Waals surface area contributed by atoms with Gasteiger partial charge in [-0.1, -0.05) is 0 Å². The molecule has 0 bridgehead atoms. The molecule has 0 unspecified atom stereocenters. The second-order valence-electron chi connectivity index (χ2n) is 5.01. The minimum absolute atomic E-state index is 0.0767. The number of aliphatic hydroxyl groups excluding tert-OH is 2. The van der Waals surface area contributed by atoms with Gasteiger partial charge in [0.2, 0.25) is 0 Å². The van der Waals surface area contributed by atoms with Gasteiger partial charge in [-0.2, -0.15) is 9.78 Å². The maximum atomic E-state index is 12.2. The van der Waals surface area contributed by atoms with Gasteiger partial charge in [-0.25, -0.2) is 9.36 Å². The van der Waals surface area contributed by atoms with Crippen molar-refractivity contribution in [2.75, 3.05) is 19.8 Å². The van der Waals surface area contributed by atoms with E-state index in [1.165, 1.54) is 0 Å². The highest BCUT2D eigenvalue weighted by Gasteiger charge is 2.46. The minimum atomic E-state index is -3.83. The molecular weight excluding hydrogens is 361 g/mol. The number of aromatic nitrogens is 3. The average molecular weight is 381 g/mol. The van der Waals surface area contributed by atoms with Gasteiger partial charge in [0.25, 0.3) is 5.56 Å². The third kappa shape index (κ3) is 4.61. The summed E-state index contributed by atoms with van der Waals surface area (Å²) in [6, 6.07) is 0. The van der Waals surface area contributed by atoms with Crippen LogP contribution in [0.25, 0.3) is 0 Å². The monoisotopic (exact) mass is 381 g/mol. The van der Waals surface area contributed by atoms with E-state index in [-0.39, 0.29) is 13.2 Å². The van der Waals surface area contributed by atoms with Crippen LogP contribution in [0.3, 0.4) is 0 Å². The van der Waals surface area contributed by atoms with E-state index in [0.29, 0.717) is 4.68 Å². The van der Waals surface area contributed by atoms with Crippen LogP contribution >= 0.6 is 7.82 Å². The van der Waals surface area contributed by atoms with Crippen LogP contribution in [0.2, 0.25) is 0 Å². The van der Waals surface area contributed by atoms with E-state index >= 15 is 0 Å². The molecule has 0 aliphatic carbocycles. The number of aliphatic hydroxyl groups is 2. The maximum absolute atomic E-state index is 12.2. The molecule has 2 rings (SSSR count). The van der Waals surface area contributed by atoms with Crippen LogP contribution in [0.1, 0.15) is 20.1 Å². The third-order valence-electron chi connectivity index (χ3n) is 3.29. The Kier molecular flexibility index (Phi) is 6.63. The van der Waals surface area contributed by atoms with E-state index in [1.54, 1.807) is 13.8 Å². The highest BCUT2D eigenvalue weighted by atomic mass is 31.2. The summed E-state index contributed by atoms with van der Waals surface area (Å²) < 4.78 is 33.2. The fourth-order valence-corrected chi connectivity index (χ4v) is 3.39. The molecule has 0 amide bonds. The lowest BCUT2D eigenvalue weighted by atomic mass is 10.1. The molecule has 13 heteroatoms. The molecule has 0 radical (unpaired) electrons. The van der Waals surface area contributed by atoms with Gasteiger partial charge >= 0.3 is 13.5 Å². The van der Waals surface area contributed by atoms with Gasteiger partial charge in [0, 0.05) is 0 Å². The number of nitrogens with one attached hydrogen (secondary N) is 1. The molecule has 4 atom stereocenters. The van der Waals surface area contributed by atoms with Crippen LogP contribution in [0.15, 0.2) is 15.8 Å². The fourth-order valence-electron chi connectivity index (χ4n) is 2.20. The predicted molar refractivity (Wildman–Crippen MR) is 81.9 cm³/mol. The number of phosphoric acid groups is 1. The van der Waals surface area contributed by atoms with Crippen LogP contribution in [0.4, 0.5) is 0 Å². The molecule has 0 spiro atoms. The SMILES string of the molecule is CCOP(=O)(OCC)OC[C@H]1O[C@@H](n2ncc(=O)[nH]c2=O)[C@@H](O)[C@H]1O. The van der Waals surface area contributed by atoms with Crippen molar-refractivity contribution < 1.29 is 33.1 Å².